The van der Waals surface area contributed by atoms with E-state index in [1.54, 1.807) is 0 Å². The van der Waals surface area contributed by atoms with E-state index < -0.39 is 30.4 Å². The molecule has 1 aromatic heterocycles. The van der Waals surface area contributed by atoms with Gasteiger partial charge in [0, 0.05) is 0 Å². The van der Waals surface area contributed by atoms with E-state index in [-0.39, 0.29) is 24.4 Å². The maximum absolute atomic E-state index is 11.7. The van der Waals surface area contributed by atoms with E-state index in [0.29, 0.717) is 5.82 Å². The van der Waals surface area contributed by atoms with Crippen LogP contribution in [0, 0.1) is 5.92 Å². The molecule has 0 aliphatic heterocycles. The molecule has 1 aromatic rings. The minimum Gasteiger partial charge on any atom is -0.480 e. The lowest BCUT2D eigenvalue weighted by Gasteiger charge is -2.13. The maximum atomic E-state index is 11.7. The first kappa shape index (κ1) is 19.4. The van der Waals surface area contributed by atoms with Gasteiger partial charge in [-0.05, 0) is 5.92 Å². The summed E-state index contributed by atoms with van der Waals surface area (Å²) in [5.41, 5.74) is 10.9. The molecular formula is C13H22N6O5. The highest BCUT2D eigenvalue weighted by molar-refractivity contribution is 5.87. The van der Waals surface area contributed by atoms with Crippen molar-refractivity contribution in [3.05, 3.63) is 11.7 Å². The fraction of sp³-hybridized carbons (Fsp3) is 0.615. The highest BCUT2D eigenvalue weighted by Crippen LogP contribution is 2.18. The third-order valence-electron chi connectivity index (χ3n) is 3.45. The van der Waals surface area contributed by atoms with Crippen LogP contribution in [0.1, 0.15) is 44.4 Å². The van der Waals surface area contributed by atoms with Crippen LogP contribution in [-0.2, 0) is 16.1 Å². The molecule has 0 bridgehead atoms. The fourth-order valence-corrected chi connectivity index (χ4v) is 1.75. The number of primary amides is 1. The second-order valence-corrected chi connectivity index (χ2v) is 5.35. The molecule has 0 fully saturated rings. The number of urea groups is 1. The Hall–Kier alpha value is -2.69. The van der Waals surface area contributed by atoms with E-state index in [2.05, 4.69) is 20.8 Å². The fourth-order valence-electron chi connectivity index (χ4n) is 1.75. The molecular weight excluding hydrogens is 320 g/mol. The number of hydrogen-bond acceptors (Lipinski definition) is 7. The van der Waals surface area contributed by atoms with Gasteiger partial charge in [0.2, 0.25) is 11.8 Å². The minimum atomic E-state index is -1.42. The molecule has 1 rings (SSSR count). The number of carboxylic acids is 1. The van der Waals surface area contributed by atoms with Crippen molar-refractivity contribution in [1.29, 1.82) is 0 Å². The smallest absolute Gasteiger partial charge is 0.326 e. The molecule has 0 spiro atoms. The van der Waals surface area contributed by atoms with E-state index in [4.69, 9.17) is 21.1 Å². The Labute approximate surface area is 138 Å². The SMILES string of the molecule is CCC(C)C(N)c1noc(CNC(=O)N[C@@H](CC(N)=O)C(=O)O)n1. The summed E-state index contributed by atoms with van der Waals surface area (Å²) in [4.78, 5) is 37.4. The summed E-state index contributed by atoms with van der Waals surface area (Å²) in [7, 11) is 0. The van der Waals surface area contributed by atoms with E-state index >= 15 is 0 Å². The zero-order valence-corrected chi connectivity index (χ0v) is 13.5. The monoisotopic (exact) mass is 342 g/mol. The second kappa shape index (κ2) is 8.82. The molecule has 134 valence electrons. The number of aromatic nitrogens is 2. The van der Waals surface area contributed by atoms with Gasteiger partial charge in [-0.15, -0.1) is 0 Å². The lowest BCUT2D eigenvalue weighted by Crippen LogP contribution is -2.47. The summed E-state index contributed by atoms with van der Waals surface area (Å²) in [6, 6.07) is -2.61. The normalized spacial score (nSPS) is 14.5. The van der Waals surface area contributed by atoms with Crippen LogP contribution in [0.4, 0.5) is 4.79 Å². The molecule has 0 aromatic carbocycles. The standard InChI is InChI=1S/C13H22N6O5/c1-3-6(2)10(15)11-18-9(24-19-11)5-16-13(23)17-7(12(21)22)4-8(14)20/h6-7,10H,3-5,15H2,1-2H3,(H2,14,20)(H,21,22)(H2,16,17,23)/t6?,7-,10?/m0/s1. The average Bonchev–Trinajstić information content (AvgIpc) is 2.99. The molecule has 0 aliphatic rings. The predicted molar refractivity (Wildman–Crippen MR) is 81.3 cm³/mol. The van der Waals surface area contributed by atoms with Crippen LogP contribution in [0.3, 0.4) is 0 Å². The van der Waals surface area contributed by atoms with Gasteiger partial charge in [-0.2, -0.15) is 4.98 Å². The largest absolute Gasteiger partial charge is 0.480 e. The van der Waals surface area contributed by atoms with Crippen molar-refractivity contribution in [1.82, 2.24) is 20.8 Å². The molecule has 0 aliphatic carbocycles. The van der Waals surface area contributed by atoms with Crippen LogP contribution in [0.2, 0.25) is 0 Å². The number of nitrogens with one attached hydrogen (secondary N) is 2. The lowest BCUT2D eigenvalue weighted by atomic mass is 10.00. The third kappa shape index (κ3) is 5.83. The third-order valence-corrected chi connectivity index (χ3v) is 3.45. The molecule has 11 nitrogen and oxygen atoms in total. The summed E-state index contributed by atoms with van der Waals surface area (Å²) in [6.07, 6.45) is 0.333. The van der Waals surface area contributed by atoms with Crippen molar-refractivity contribution in [3.63, 3.8) is 0 Å². The van der Waals surface area contributed by atoms with Gasteiger partial charge in [0.25, 0.3) is 0 Å². The molecule has 11 heteroatoms. The Bertz CT molecular complexity index is 589. The topological polar surface area (TPSA) is 186 Å². The zero-order chi connectivity index (χ0) is 18.3. The van der Waals surface area contributed by atoms with Gasteiger partial charge >= 0.3 is 12.0 Å². The number of nitrogens with two attached hydrogens (primary N) is 2. The van der Waals surface area contributed by atoms with Crippen molar-refractivity contribution in [2.24, 2.45) is 17.4 Å². The Balaban J connectivity index is 2.54. The van der Waals surface area contributed by atoms with Gasteiger partial charge in [-0.3, -0.25) is 4.79 Å². The van der Waals surface area contributed by atoms with Gasteiger partial charge in [-0.25, -0.2) is 9.59 Å². The molecule has 7 N–H and O–H groups in total. The average molecular weight is 342 g/mol. The summed E-state index contributed by atoms with van der Waals surface area (Å²) in [6.45, 7) is 3.83. The summed E-state index contributed by atoms with van der Waals surface area (Å²) >= 11 is 0. The Morgan fingerprint density at radius 2 is 2.04 bits per heavy atom. The zero-order valence-electron chi connectivity index (χ0n) is 13.5. The highest BCUT2D eigenvalue weighted by atomic mass is 16.5. The van der Waals surface area contributed by atoms with Gasteiger partial charge in [0.1, 0.15) is 6.04 Å². The van der Waals surface area contributed by atoms with Gasteiger partial charge in [0.05, 0.1) is 19.0 Å². The second-order valence-electron chi connectivity index (χ2n) is 5.35. The number of rotatable bonds is 9. The van der Waals surface area contributed by atoms with Crippen molar-refractivity contribution in [2.75, 3.05) is 0 Å². The van der Waals surface area contributed by atoms with Crippen LogP contribution in [0.5, 0.6) is 0 Å². The van der Waals surface area contributed by atoms with E-state index in [9.17, 15) is 14.4 Å². The van der Waals surface area contributed by atoms with Crippen LogP contribution in [0.15, 0.2) is 4.52 Å². The quantitative estimate of drug-likeness (QED) is 0.387. The summed E-state index contributed by atoms with van der Waals surface area (Å²) in [5.74, 6) is -1.59. The molecule has 3 atom stereocenters. The molecule has 0 radical (unpaired) electrons. The molecule has 3 amide bonds. The van der Waals surface area contributed by atoms with Crippen LogP contribution in [0.25, 0.3) is 0 Å². The van der Waals surface area contributed by atoms with Gasteiger partial charge in [0.15, 0.2) is 5.82 Å². The number of amides is 3. The van der Waals surface area contributed by atoms with Crippen molar-refractivity contribution in [3.8, 4) is 0 Å². The van der Waals surface area contributed by atoms with E-state index in [0.717, 1.165) is 6.42 Å². The number of carbonyl (C=O) groups excluding carboxylic acids is 2. The number of carboxylic acid groups (broad SMARTS) is 1. The number of hydrogen-bond donors (Lipinski definition) is 5. The van der Waals surface area contributed by atoms with Crippen molar-refractivity contribution < 1.29 is 24.0 Å². The first-order chi connectivity index (χ1) is 11.2. The number of aliphatic carboxylic acids is 1. The van der Waals surface area contributed by atoms with Crippen LogP contribution < -0.4 is 22.1 Å². The number of nitrogens with zero attached hydrogens (tertiary/aromatic N) is 2. The molecule has 1 heterocycles. The van der Waals surface area contributed by atoms with Gasteiger partial charge in [-0.1, -0.05) is 25.4 Å². The van der Waals surface area contributed by atoms with Crippen LogP contribution in [-0.4, -0.2) is 39.2 Å². The Morgan fingerprint density at radius 3 is 2.58 bits per heavy atom. The van der Waals surface area contributed by atoms with Crippen LogP contribution >= 0.6 is 0 Å². The van der Waals surface area contributed by atoms with Crippen molar-refractivity contribution in [2.45, 2.75) is 45.3 Å². The molecule has 2 unspecified atom stereocenters. The van der Waals surface area contributed by atoms with E-state index in [1.807, 2.05) is 13.8 Å². The Kier molecular flexibility index (Phi) is 7.11. The molecule has 24 heavy (non-hydrogen) atoms. The minimum absolute atomic E-state index is 0.116. The maximum Gasteiger partial charge on any atom is 0.326 e. The first-order valence-corrected chi connectivity index (χ1v) is 7.38. The number of carbonyl (C=O) groups is 3. The lowest BCUT2D eigenvalue weighted by molar-refractivity contribution is -0.140. The van der Waals surface area contributed by atoms with Crippen molar-refractivity contribution >= 4 is 17.9 Å². The summed E-state index contributed by atoms with van der Waals surface area (Å²) < 4.78 is 4.97. The predicted octanol–water partition coefficient (Wildman–Crippen LogP) is -0.757. The molecule has 0 saturated heterocycles. The molecule has 0 saturated carbocycles. The van der Waals surface area contributed by atoms with Gasteiger partial charge < -0.3 is 31.7 Å². The first-order valence-electron chi connectivity index (χ1n) is 7.38. The van der Waals surface area contributed by atoms with E-state index in [1.165, 1.54) is 0 Å². The Morgan fingerprint density at radius 1 is 1.38 bits per heavy atom. The highest BCUT2D eigenvalue weighted by Gasteiger charge is 2.23. The summed E-state index contributed by atoms with van der Waals surface area (Å²) in [5, 5.41) is 17.1.